The summed E-state index contributed by atoms with van der Waals surface area (Å²) in [5.41, 5.74) is 7.13. The monoisotopic (exact) mass is 776 g/mol. The SMILES string of the molecule is COc1c(C)cc(C(C)(CC(C)C)c2cc(C)c(OC(=O)c3ccc(C(=O)Oc4ccc5ccc(OC(=O)c6cccc(C(C)=O)c6)cc5c4)cc3)c(C)c2)cc1C. The summed E-state index contributed by atoms with van der Waals surface area (Å²) >= 11 is 0. The number of hydrogen-bond donors (Lipinski definition) is 0. The largest absolute Gasteiger partial charge is 0.496 e. The number of carbonyl (C=O) groups excluding carboxylic acids is 4. The molecule has 6 rings (SSSR count). The minimum Gasteiger partial charge on any atom is -0.496 e. The minimum atomic E-state index is -0.610. The van der Waals surface area contributed by atoms with Gasteiger partial charge in [-0.25, -0.2) is 14.4 Å². The summed E-state index contributed by atoms with van der Waals surface area (Å²) in [6.45, 7) is 16.2. The highest BCUT2D eigenvalue weighted by atomic mass is 16.5. The fourth-order valence-corrected chi connectivity index (χ4v) is 7.66. The van der Waals surface area contributed by atoms with Crippen LogP contribution in [0.25, 0.3) is 10.8 Å². The number of carbonyl (C=O) groups is 4. The number of ketones is 1. The Hall–Kier alpha value is -6.54. The molecule has 0 amide bonds. The normalized spacial score (nSPS) is 12.2. The lowest BCUT2D eigenvalue weighted by Crippen LogP contribution is -2.27. The van der Waals surface area contributed by atoms with Crippen LogP contribution in [0, 0.1) is 33.6 Å². The van der Waals surface area contributed by atoms with E-state index in [1.54, 1.807) is 73.8 Å². The van der Waals surface area contributed by atoms with Gasteiger partial charge in [-0.1, -0.05) is 69.3 Å². The predicted molar refractivity (Wildman–Crippen MR) is 226 cm³/mol. The van der Waals surface area contributed by atoms with Crippen LogP contribution in [-0.2, 0) is 5.41 Å². The maximum absolute atomic E-state index is 13.4. The van der Waals surface area contributed by atoms with Crippen LogP contribution in [-0.4, -0.2) is 30.8 Å². The number of rotatable bonds is 12. The number of esters is 3. The first-order valence-corrected chi connectivity index (χ1v) is 19.2. The molecule has 0 heterocycles. The van der Waals surface area contributed by atoms with Gasteiger partial charge in [0, 0.05) is 11.0 Å². The van der Waals surface area contributed by atoms with Gasteiger partial charge in [-0.2, -0.15) is 0 Å². The topological polar surface area (TPSA) is 105 Å². The molecule has 0 aliphatic carbocycles. The number of benzene rings is 6. The van der Waals surface area contributed by atoms with E-state index >= 15 is 0 Å². The van der Waals surface area contributed by atoms with Crippen LogP contribution >= 0.6 is 0 Å². The van der Waals surface area contributed by atoms with Gasteiger partial charge in [0.05, 0.1) is 23.8 Å². The van der Waals surface area contributed by atoms with Crippen molar-refractivity contribution in [3.63, 3.8) is 0 Å². The second-order valence-electron chi connectivity index (χ2n) is 15.6. The number of Topliss-reactive ketones (excluding diaryl/α,β-unsaturated/α-hetero) is 1. The van der Waals surface area contributed by atoms with Crippen molar-refractivity contribution in [2.24, 2.45) is 5.92 Å². The highest BCUT2D eigenvalue weighted by Crippen LogP contribution is 2.43. The third kappa shape index (κ3) is 8.87. The first-order chi connectivity index (χ1) is 27.6. The maximum atomic E-state index is 13.4. The Morgan fingerprint density at radius 2 is 0.983 bits per heavy atom. The van der Waals surface area contributed by atoms with E-state index in [1.165, 1.54) is 30.7 Å². The lowest BCUT2D eigenvalue weighted by atomic mass is 9.70. The van der Waals surface area contributed by atoms with Crippen molar-refractivity contribution in [1.82, 2.24) is 0 Å². The van der Waals surface area contributed by atoms with E-state index < -0.39 is 17.9 Å². The standard InChI is InChI=1S/C50H48O8/c1-29(2)28-50(8,41-21-30(3)45(55-9)31(4)22-41)42-23-32(5)46(33(6)24-42)58-48(53)37-15-13-36(14-16-37)47(52)56-43-19-17-35-18-20-44(27-40(35)26-43)57-49(54)39-12-10-11-38(25-39)34(7)51/h10-27,29H,28H2,1-9H3. The lowest BCUT2D eigenvalue weighted by molar-refractivity contribution is 0.0719. The Morgan fingerprint density at radius 1 is 0.534 bits per heavy atom. The Bertz CT molecular complexity index is 2520. The van der Waals surface area contributed by atoms with Gasteiger partial charge in [-0.15, -0.1) is 0 Å². The van der Waals surface area contributed by atoms with Crippen LogP contribution in [0.15, 0.2) is 109 Å². The van der Waals surface area contributed by atoms with Crippen molar-refractivity contribution in [3.05, 3.63) is 165 Å². The molecule has 0 bridgehead atoms. The van der Waals surface area contributed by atoms with Crippen molar-refractivity contribution in [3.8, 4) is 23.0 Å². The number of hydrogen-bond acceptors (Lipinski definition) is 8. The van der Waals surface area contributed by atoms with E-state index in [0.717, 1.165) is 45.4 Å². The van der Waals surface area contributed by atoms with Crippen molar-refractivity contribution >= 4 is 34.5 Å². The maximum Gasteiger partial charge on any atom is 0.343 e. The summed E-state index contributed by atoms with van der Waals surface area (Å²) < 4.78 is 22.9. The van der Waals surface area contributed by atoms with Crippen LogP contribution in [0.3, 0.4) is 0 Å². The van der Waals surface area contributed by atoms with E-state index in [2.05, 4.69) is 58.9 Å². The average molecular weight is 777 g/mol. The molecule has 0 aliphatic heterocycles. The van der Waals surface area contributed by atoms with Gasteiger partial charge in [-0.05, 0) is 152 Å². The van der Waals surface area contributed by atoms with Crippen LogP contribution in [0.2, 0.25) is 0 Å². The molecule has 296 valence electrons. The molecule has 58 heavy (non-hydrogen) atoms. The fourth-order valence-electron chi connectivity index (χ4n) is 7.66. The van der Waals surface area contributed by atoms with Crippen LogP contribution in [0.1, 0.15) is 109 Å². The number of aryl methyl sites for hydroxylation is 4. The summed E-state index contributed by atoms with van der Waals surface area (Å²) in [5, 5.41) is 1.52. The molecule has 0 spiro atoms. The Kier molecular flexibility index (Phi) is 12.0. The van der Waals surface area contributed by atoms with Crippen LogP contribution in [0.4, 0.5) is 0 Å². The van der Waals surface area contributed by atoms with Gasteiger partial charge in [0.1, 0.15) is 23.0 Å². The summed E-state index contributed by atoms with van der Waals surface area (Å²) in [5.74, 6) is 0.503. The fraction of sp³-hybridized carbons (Fsp3) is 0.240. The molecule has 0 aliphatic rings. The van der Waals surface area contributed by atoms with Crippen molar-refractivity contribution < 1.29 is 38.1 Å². The highest BCUT2D eigenvalue weighted by Gasteiger charge is 2.32. The zero-order chi connectivity index (χ0) is 41.9. The van der Waals surface area contributed by atoms with E-state index in [-0.39, 0.29) is 33.6 Å². The van der Waals surface area contributed by atoms with Gasteiger partial charge < -0.3 is 18.9 Å². The van der Waals surface area contributed by atoms with Gasteiger partial charge in [0.25, 0.3) is 0 Å². The molecule has 0 aromatic heterocycles. The Balaban J connectivity index is 1.14. The van der Waals surface area contributed by atoms with E-state index in [4.69, 9.17) is 18.9 Å². The molecule has 1 atom stereocenters. The molecule has 0 N–H and O–H groups in total. The van der Waals surface area contributed by atoms with E-state index in [1.807, 2.05) is 13.8 Å². The van der Waals surface area contributed by atoms with E-state index in [0.29, 0.717) is 28.4 Å². The van der Waals surface area contributed by atoms with E-state index in [9.17, 15) is 19.2 Å². The van der Waals surface area contributed by atoms with Crippen LogP contribution < -0.4 is 18.9 Å². The molecule has 8 heteroatoms. The van der Waals surface area contributed by atoms with Crippen molar-refractivity contribution in [2.45, 2.75) is 67.2 Å². The van der Waals surface area contributed by atoms with Gasteiger partial charge in [-0.3, -0.25) is 4.79 Å². The molecular weight excluding hydrogens is 729 g/mol. The summed E-state index contributed by atoms with van der Waals surface area (Å²) in [4.78, 5) is 51.1. The molecule has 8 nitrogen and oxygen atoms in total. The molecule has 0 radical (unpaired) electrons. The third-order valence-electron chi connectivity index (χ3n) is 10.5. The van der Waals surface area contributed by atoms with Crippen LogP contribution in [0.5, 0.6) is 23.0 Å². The second-order valence-corrected chi connectivity index (χ2v) is 15.6. The second kappa shape index (κ2) is 16.9. The Labute approximate surface area is 339 Å². The zero-order valence-electron chi connectivity index (χ0n) is 34.4. The molecule has 6 aromatic carbocycles. The molecular formula is C50H48O8. The molecule has 1 unspecified atom stereocenters. The Morgan fingerprint density at radius 3 is 1.45 bits per heavy atom. The molecule has 6 aromatic rings. The van der Waals surface area contributed by atoms with Crippen molar-refractivity contribution in [2.75, 3.05) is 7.11 Å². The lowest BCUT2D eigenvalue weighted by Gasteiger charge is -2.34. The average Bonchev–Trinajstić information content (AvgIpc) is 3.18. The highest BCUT2D eigenvalue weighted by molar-refractivity contribution is 5.99. The molecule has 0 saturated heterocycles. The third-order valence-corrected chi connectivity index (χ3v) is 10.5. The number of ether oxygens (including phenoxy) is 4. The summed E-state index contributed by atoms with van der Waals surface area (Å²) in [6, 6.07) is 31.4. The quantitative estimate of drug-likeness (QED) is 0.0687. The molecule has 0 fully saturated rings. The first-order valence-electron chi connectivity index (χ1n) is 19.2. The van der Waals surface area contributed by atoms with Gasteiger partial charge in [0.2, 0.25) is 0 Å². The first kappa shape index (κ1) is 41.1. The minimum absolute atomic E-state index is 0.153. The number of methoxy groups -OCH3 is 1. The molecule has 0 saturated carbocycles. The number of fused-ring (bicyclic) bond motifs is 1. The predicted octanol–water partition coefficient (Wildman–Crippen LogP) is 11.3. The van der Waals surface area contributed by atoms with Crippen molar-refractivity contribution in [1.29, 1.82) is 0 Å². The zero-order valence-corrected chi connectivity index (χ0v) is 34.4. The smallest absolute Gasteiger partial charge is 0.343 e. The van der Waals surface area contributed by atoms with Gasteiger partial charge in [0.15, 0.2) is 5.78 Å². The summed E-state index contributed by atoms with van der Waals surface area (Å²) in [6.07, 6.45) is 0.921. The summed E-state index contributed by atoms with van der Waals surface area (Å²) in [7, 11) is 1.70. The van der Waals surface area contributed by atoms with Gasteiger partial charge >= 0.3 is 17.9 Å².